The largest absolute Gasteiger partial charge is 0.356 e. The van der Waals surface area contributed by atoms with Crippen molar-refractivity contribution >= 4 is 51.7 Å². The molecule has 1 aromatic carbocycles. The van der Waals surface area contributed by atoms with E-state index in [1.54, 1.807) is 16.7 Å². The average molecular weight is 477 g/mol. The van der Waals surface area contributed by atoms with Crippen molar-refractivity contribution in [2.24, 2.45) is 5.92 Å². The number of aromatic nitrogens is 2. The van der Waals surface area contributed by atoms with Gasteiger partial charge in [0.25, 0.3) is 11.5 Å². The highest BCUT2D eigenvalue weighted by Gasteiger charge is 2.27. The van der Waals surface area contributed by atoms with Crippen molar-refractivity contribution in [1.29, 1.82) is 0 Å². The summed E-state index contributed by atoms with van der Waals surface area (Å²) in [5.41, 5.74) is 3.19. The van der Waals surface area contributed by atoms with Gasteiger partial charge in [-0.15, -0.1) is 0 Å². The number of piperidine rings is 1. The van der Waals surface area contributed by atoms with E-state index in [1.807, 2.05) is 25.1 Å². The molecular weight excluding hydrogens is 452 g/mol. The molecule has 2 aliphatic rings. The maximum absolute atomic E-state index is 13.5. The Morgan fingerprint density at radius 1 is 1.15 bits per heavy atom. The van der Waals surface area contributed by atoms with Gasteiger partial charge in [-0.1, -0.05) is 60.4 Å². The lowest BCUT2D eigenvalue weighted by Crippen LogP contribution is -2.37. The molecule has 168 valence electrons. The summed E-state index contributed by atoms with van der Waals surface area (Å²) in [6.45, 7) is 3.59. The number of rotatable bonds is 4. The fourth-order valence-corrected chi connectivity index (χ4v) is 5.54. The van der Waals surface area contributed by atoms with Gasteiger partial charge in [-0.3, -0.25) is 14.0 Å². The Balaban J connectivity index is 1.50. The number of nitrogens with zero attached hydrogens (tertiary/aromatic N) is 3. The van der Waals surface area contributed by atoms with E-state index in [0.29, 0.717) is 32.2 Å². The van der Waals surface area contributed by atoms with Crippen LogP contribution < -0.4 is 15.8 Å². The summed E-state index contributed by atoms with van der Waals surface area (Å²) in [5.74, 6) is 0.972. The molecule has 2 fully saturated rings. The number of fused-ring (bicyclic) bond motifs is 1. The summed E-state index contributed by atoms with van der Waals surface area (Å²) in [7, 11) is 0. The van der Waals surface area contributed by atoms with E-state index in [-0.39, 0.29) is 11.5 Å². The van der Waals surface area contributed by atoms with Crippen LogP contribution in [0.5, 0.6) is 0 Å². The van der Waals surface area contributed by atoms with Gasteiger partial charge in [0, 0.05) is 19.3 Å². The van der Waals surface area contributed by atoms with Crippen LogP contribution in [0.4, 0.5) is 5.82 Å². The van der Waals surface area contributed by atoms with Gasteiger partial charge in [-0.2, -0.15) is 0 Å². The third-order valence-corrected chi connectivity index (χ3v) is 7.43. The number of carbonyl (C=O) groups is 1. The molecule has 0 saturated carbocycles. The third-order valence-electron chi connectivity index (χ3n) is 6.26. The first-order valence-corrected chi connectivity index (χ1v) is 12.3. The number of thioether (sulfide) groups is 1. The number of carbonyl (C=O) groups excluding carboxylic acids is 1. The van der Waals surface area contributed by atoms with E-state index in [1.165, 1.54) is 17.3 Å². The molecule has 4 heterocycles. The summed E-state index contributed by atoms with van der Waals surface area (Å²) in [5, 5.41) is 2.63. The van der Waals surface area contributed by atoms with Gasteiger partial charge in [0.05, 0.1) is 10.5 Å². The zero-order valence-electron chi connectivity index (χ0n) is 18.3. The third kappa shape index (κ3) is 4.45. The van der Waals surface area contributed by atoms with Crippen LogP contribution in [0.15, 0.2) is 58.4 Å². The van der Waals surface area contributed by atoms with Crippen LogP contribution in [0.3, 0.4) is 0 Å². The van der Waals surface area contributed by atoms with E-state index in [9.17, 15) is 9.59 Å². The molecule has 1 N–H and O–H groups in total. The topological polar surface area (TPSA) is 66.7 Å². The fraction of sp³-hybridized carbons (Fsp3) is 0.280. The molecule has 33 heavy (non-hydrogen) atoms. The van der Waals surface area contributed by atoms with Crippen molar-refractivity contribution in [1.82, 2.24) is 14.7 Å². The van der Waals surface area contributed by atoms with Crippen LogP contribution in [0.2, 0.25) is 0 Å². The molecule has 0 spiro atoms. The Morgan fingerprint density at radius 2 is 1.91 bits per heavy atom. The molecule has 3 aromatic rings. The van der Waals surface area contributed by atoms with Crippen molar-refractivity contribution in [2.45, 2.75) is 26.2 Å². The second-order valence-corrected chi connectivity index (χ2v) is 10.2. The molecule has 8 heteroatoms. The Bertz CT molecular complexity index is 1330. The van der Waals surface area contributed by atoms with Crippen molar-refractivity contribution in [3.63, 3.8) is 0 Å². The maximum Gasteiger partial charge on any atom is 0.267 e. The predicted molar refractivity (Wildman–Crippen MR) is 138 cm³/mol. The summed E-state index contributed by atoms with van der Waals surface area (Å²) < 4.78 is 1.96. The lowest BCUT2D eigenvalue weighted by molar-refractivity contribution is -0.115. The number of benzene rings is 1. The number of thiocarbonyl (C=S) groups is 1. The van der Waals surface area contributed by atoms with Gasteiger partial charge in [0.15, 0.2) is 0 Å². The van der Waals surface area contributed by atoms with Crippen LogP contribution in [0.1, 0.15) is 29.5 Å². The Morgan fingerprint density at radius 3 is 2.61 bits per heavy atom. The second kappa shape index (κ2) is 9.11. The van der Waals surface area contributed by atoms with Gasteiger partial charge < -0.3 is 10.2 Å². The van der Waals surface area contributed by atoms with Crippen LogP contribution >= 0.6 is 24.0 Å². The minimum absolute atomic E-state index is 0.177. The monoisotopic (exact) mass is 476 g/mol. The number of anilines is 1. The number of hydrogen-bond donors (Lipinski definition) is 1. The molecule has 2 aliphatic heterocycles. The molecular formula is C25H24N4O2S2. The number of pyridine rings is 1. The Kier molecular flexibility index (Phi) is 6.03. The molecule has 0 radical (unpaired) electrons. The summed E-state index contributed by atoms with van der Waals surface area (Å²) in [6, 6.07) is 14.4. The molecule has 6 nitrogen and oxygen atoms in total. The number of aryl methyl sites for hydroxylation is 1. The number of amides is 1. The first-order chi connectivity index (χ1) is 16.0. The van der Waals surface area contributed by atoms with Crippen molar-refractivity contribution < 1.29 is 4.79 Å². The second-order valence-electron chi connectivity index (χ2n) is 8.51. The fourth-order valence-electron chi connectivity index (χ4n) is 4.52. The summed E-state index contributed by atoms with van der Waals surface area (Å²) in [6.07, 6.45) is 6.49. The van der Waals surface area contributed by atoms with E-state index in [0.717, 1.165) is 37.9 Å². The molecule has 0 unspecified atom stereocenters. The SMILES string of the molecule is Cc1cccn2c(=O)c(/C=C3\SC(=S)NC3=O)c(N3CCC(Cc4ccccc4)CC3)nc12. The standard InChI is InChI=1S/C25H24N4O2S2/c1-16-6-5-11-29-21(16)26-22(19(24(29)31)15-20-23(30)27-25(32)33-20)28-12-9-18(10-13-28)14-17-7-3-2-4-8-17/h2-8,11,15,18H,9-10,12-14H2,1H3,(H,27,30,32)/b20-15-. The van der Waals surface area contributed by atoms with Crippen LogP contribution in [0.25, 0.3) is 11.7 Å². The molecule has 0 bridgehead atoms. The zero-order valence-corrected chi connectivity index (χ0v) is 19.9. The molecule has 0 atom stereocenters. The van der Waals surface area contributed by atoms with E-state index >= 15 is 0 Å². The van der Waals surface area contributed by atoms with Crippen LogP contribution in [-0.4, -0.2) is 32.7 Å². The normalized spacial score (nSPS) is 18.3. The highest BCUT2D eigenvalue weighted by Crippen LogP contribution is 2.30. The van der Waals surface area contributed by atoms with Gasteiger partial charge in [-0.05, 0) is 55.4 Å². The van der Waals surface area contributed by atoms with Crippen molar-refractivity contribution in [3.8, 4) is 0 Å². The first-order valence-electron chi connectivity index (χ1n) is 11.1. The van der Waals surface area contributed by atoms with Gasteiger partial charge >= 0.3 is 0 Å². The lowest BCUT2D eigenvalue weighted by Gasteiger charge is -2.33. The Hall–Kier alpha value is -2.97. The smallest absolute Gasteiger partial charge is 0.267 e. The number of hydrogen-bond acceptors (Lipinski definition) is 6. The summed E-state index contributed by atoms with van der Waals surface area (Å²) >= 11 is 6.30. The molecule has 2 saturated heterocycles. The first kappa shape index (κ1) is 21.9. The lowest BCUT2D eigenvalue weighted by atomic mass is 9.90. The average Bonchev–Trinajstić information content (AvgIpc) is 3.14. The van der Waals surface area contributed by atoms with E-state index in [4.69, 9.17) is 17.2 Å². The van der Waals surface area contributed by atoms with E-state index < -0.39 is 0 Å². The molecule has 1 amide bonds. The minimum atomic E-state index is -0.272. The van der Waals surface area contributed by atoms with Gasteiger partial charge in [-0.25, -0.2) is 4.98 Å². The molecule has 5 rings (SSSR count). The van der Waals surface area contributed by atoms with Crippen molar-refractivity contribution in [2.75, 3.05) is 18.0 Å². The number of nitrogens with one attached hydrogen (secondary N) is 1. The predicted octanol–water partition coefficient (Wildman–Crippen LogP) is 3.95. The van der Waals surface area contributed by atoms with E-state index in [2.05, 4.69) is 34.5 Å². The van der Waals surface area contributed by atoms with Gasteiger partial charge in [0.2, 0.25) is 0 Å². The highest BCUT2D eigenvalue weighted by atomic mass is 32.2. The molecule has 0 aliphatic carbocycles. The van der Waals surface area contributed by atoms with Gasteiger partial charge in [0.1, 0.15) is 15.8 Å². The maximum atomic E-state index is 13.5. The molecule has 2 aromatic heterocycles. The summed E-state index contributed by atoms with van der Waals surface area (Å²) in [4.78, 5) is 33.3. The van der Waals surface area contributed by atoms with Crippen LogP contribution in [0, 0.1) is 12.8 Å². The Labute approximate surface area is 201 Å². The zero-order chi connectivity index (χ0) is 22.9. The minimum Gasteiger partial charge on any atom is -0.356 e. The van der Waals surface area contributed by atoms with Crippen molar-refractivity contribution in [3.05, 3.63) is 80.6 Å². The van der Waals surface area contributed by atoms with Crippen LogP contribution in [-0.2, 0) is 11.2 Å². The quantitative estimate of drug-likeness (QED) is 0.454. The highest BCUT2D eigenvalue weighted by molar-refractivity contribution is 8.26.